The Labute approximate surface area is 121 Å². The summed E-state index contributed by atoms with van der Waals surface area (Å²) >= 11 is 0. The molecule has 0 heterocycles. The zero-order valence-electron chi connectivity index (χ0n) is 11.7. The minimum Gasteiger partial charge on any atom is -0.481 e. The van der Waals surface area contributed by atoms with E-state index in [9.17, 15) is 18.4 Å². The van der Waals surface area contributed by atoms with Gasteiger partial charge in [0, 0.05) is 25.9 Å². The quantitative estimate of drug-likeness (QED) is 0.877. The predicted molar refractivity (Wildman–Crippen MR) is 71.7 cm³/mol. The van der Waals surface area contributed by atoms with Crippen LogP contribution < -0.4 is 0 Å². The molecule has 0 aliphatic heterocycles. The summed E-state index contributed by atoms with van der Waals surface area (Å²) in [7, 11) is 1.63. The Kier molecular flexibility index (Phi) is 4.55. The number of amides is 1. The van der Waals surface area contributed by atoms with Gasteiger partial charge in [-0.2, -0.15) is 0 Å². The number of hydrogen-bond acceptors (Lipinski definition) is 2. The van der Waals surface area contributed by atoms with E-state index in [0.29, 0.717) is 24.9 Å². The van der Waals surface area contributed by atoms with Crippen LogP contribution in [0.3, 0.4) is 0 Å². The van der Waals surface area contributed by atoms with Crippen LogP contribution in [0.2, 0.25) is 0 Å². The smallest absolute Gasteiger partial charge is 0.303 e. The van der Waals surface area contributed by atoms with E-state index in [1.807, 2.05) is 0 Å². The monoisotopic (exact) mass is 297 g/mol. The van der Waals surface area contributed by atoms with E-state index in [2.05, 4.69) is 0 Å². The van der Waals surface area contributed by atoms with Crippen molar-refractivity contribution >= 4 is 11.9 Å². The highest BCUT2D eigenvalue weighted by Gasteiger charge is 2.45. The van der Waals surface area contributed by atoms with Gasteiger partial charge in [-0.1, -0.05) is 6.07 Å². The lowest BCUT2D eigenvalue weighted by atomic mass is 10.1. The fourth-order valence-electron chi connectivity index (χ4n) is 2.44. The number of rotatable bonds is 6. The van der Waals surface area contributed by atoms with Gasteiger partial charge in [0.05, 0.1) is 0 Å². The summed E-state index contributed by atoms with van der Waals surface area (Å²) in [4.78, 5) is 24.1. The average Bonchev–Trinajstić information content (AvgIpc) is 3.20. The van der Waals surface area contributed by atoms with Crippen molar-refractivity contribution in [2.45, 2.75) is 25.2 Å². The maximum atomic E-state index is 13.2. The summed E-state index contributed by atoms with van der Waals surface area (Å²) in [6.45, 7) is 0.381. The minimum absolute atomic E-state index is 0.0227. The topological polar surface area (TPSA) is 57.6 Å². The molecule has 6 heteroatoms. The Morgan fingerprint density at radius 2 is 2.05 bits per heavy atom. The molecule has 1 N–H and O–H groups in total. The summed E-state index contributed by atoms with van der Waals surface area (Å²) in [5.74, 6) is -3.05. The number of carboxylic acid groups (broad SMARTS) is 1. The molecule has 0 saturated heterocycles. The summed E-state index contributed by atoms with van der Waals surface area (Å²) in [6.07, 6.45) is 1.04. The average molecular weight is 297 g/mol. The Morgan fingerprint density at radius 1 is 1.33 bits per heavy atom. The molecule has 1 saturated carbocycles. The molecule has 1 fully saturated rings. The number of nitrogens with zero attached hydrogens (tertiary/aromatic N) is 1. The second-order valence-electron chi connectivity index (χ2n) is 5.38. The van der Waals surface area contributed by atoms with Crippen LogP contribution in [0.25, 0.3) is 0 Å². The minimum atomic E-state index is -0.902. The Hall–Kier alpha value is -1.98. The van der Waals surface area contributed by atoms with Crippen LogP contribution in [0.1, 0.15) is 30.7 Å². The van der Waals surface area contributed by atoms with Gasteiger partial charge in [0.25, 0.3) is 0 Å². The summed E-state index contributed by atoms with van der Waals surface area (Å²) in [5, 5.41) is 8.56. The summed E-state index contributed by atoms with van der Waals surface area (Å²) in [5.41, 5.74) is 0.631. The van der Waals surface area contributed by atoms with Gasteiger partial charge in [0.15, 0.2) is 11.6 Å². The third-order valence-electron chi connectivity index (χ3n) is 3.74. The Bertz CT molecular complexity index is 562. The highest BCUT2D eigenvalue weighted by molar-refractivity contribution is 5.82. The molecule has 1 aromatic rings. The largest absolute Gasteiger partial charge is 0.481 e. The fraction of sp³-hybridized carbons (Fsp3) is 0.467. The van der Waals surface area contributed by atoms with Crippen LogP contribution in [0.4, 0.5) is 8.78 Å². The van der Waals surface area contributed by atoms with Crippen LogP contribution in [-0.4, -0.2) is 35.5 Å². The number of carboxylic acids is 1. The van der Waals surface area contributed by atoms with Crippen LogP contribution in [-0.2, 0) is 9.59 Å². The van der Waals surface area contributed by atoms with Crippen molar-refractivity contribution in [1.29, 1.82) is 0 Å². The van der Waals surface area contributed by atoms with Crippen molar-refractivity contribution < 1.29 is 23.5 Å². The number of benzene rings is 1. The molecule has 2 atom stereocenters. The molecular formula is C15H17F2NO3. The van der Waals surface area contributed by atoms with Gasteiger partial charge in [0.1, 0.15) is 0 Å². The first kappa shape index (κ1) is 15.4. The van der Waals surface area contributed by atoms with E-state index in [4.69, 9.17) is 5.11 Å². The lowest BCUT2D eigenvalue weighted by Gasteiger charge is -2.16. The second kappa shape index (κ2) is 6.20. The molecule has 2 rings (SSSR count). The predicted octanol–water partition coefficient (Wildman–Crippen LogP) is 2.39. The number of halogens is 2. The van der Waals surface area contributed by atoms with E-state index in [-0.39, 0.29) is 24.2 Å². The lowest BCUT2D eigenvalue weighted by molar-refractivity contribution is -0.138. The number of carbonyl (C=O) groups excluding carboxylic acids is 1. The number of hydrogen-bond donors (Lipinski definition) is 1. The molecule has 0 radical (unpaired) electrons. The number of carbonyl (C=O) groups is 2. The van der Waals surface area contributed by atoms with Crippen molar-refractivity contribution in [2.24, 2.45) is 5.92 Å². The van der Waals surface area contributed by atoms with Crippen molar-refractivity contribution in [3.63, 3.8) is 0 Å². The zero-order valence-corrected chi connectivity index (χ0v) is 11.7. The van der Waals surface area contributed by atoms with Crippen LogP contribution in [0.5, 0.6) is 0 Å². The molecule has 0 aromatic heterocycles. The Morgan fingerprint density at radius 3 is 2.67 bits per heavy atom. The SMILES string of the molecule is CN(CCCC(=O)O)C(=O)C1CC1c1ccc(F)c(F)c1. The van der Waals surface area contributed by atoms with Gasteiger partial charge in [-0.15, -0.1) is 0 Å². The highest BCUT2D eigenvalue weighted by atomic mass is 19.2. The second-order valence-corrected chi connectivity index (χ2v) is 5.38. The van der Waals surface area contributed by atoms with Gasteiger partial charge in [0.2, 0.25) is 5.91 Å². The first-order valence-electron chi connectivity index (χ1n) is 6.82. The Balaban J connectivity index is 1.88. The van der Waals surface area contributed by atoms with Crippen LogP contribution >= 0.6 is 0 Å². The maximum Gasteiger partial charge on any atom is 0.303 e. The van der Waals surface area contributed by atoms with E-state index < -0.39 is 17.6 Å². The van der Waals surface area contributed by atoms with E-state index in [1.165, 1.54) is 11.0 Å². The lowest BCUT2D eigenvalue weighted by Crippen LogP contribution is -2.29. The van der Waals surface area contributed by atoms with Gasteiger partial charge in [-0.3, -0.25) is 9.59 Å². The molecule has 1 aromatic carbocycles. The van der Waals surface area contributed by atoms with Crippen molar-refractivity contribution in [3.8, 4) is 0 Å². The van der Waals surface area contributed by atoms with Crippen molar-refractivity contribution in [2.75, 3.05) is 13.6 Å². The molecule has 1 amide bonds. The third kappa shape index (κ3) is 3.77. The molecule has 21 heavy (non-hydrogen) atoms. The van der Waals surface area contributed by atoms with Gasteiger partial charge in [-0.25, -0.2) is 8.78 Å². The normalized spacial score (nSPS) is 20.1. The third-order valence-corrected chi connectivity index (χ3v) is 3.74. The summed E-state index contributed by atoms with van der Waals surface area (Å²) in [6, 6.07) is 3.71. The maximum absolute atomic E-state index is 13.2. The molecule has 0 spiro atoms. The van der Waals surface area contributed by atoms with E-state index in [1.54, 1.807) is 7.05 Å². The molecule has 1 aliphatic carbocycles. The van der Waals surface area contributed by atoms with Crippen molar-refractivity contribution in [3.05, 3.63) is 35.4 Å². The molecule has 4 nitrogen and oxygen atoms in total. The van der Waals surface area contributed by atoms with E-state index >= 15 is 0 Å². The zero-order chi connectivity index (χ0) is 15.6. The fourth-order valence-corrected chi connectivity index (χ4v) is 2.44. The molecule has 2 unspecified atom stereocenters. The van der Waals surface area contributed by atoms with Gasteiger partial charge in [-0.05, 0) is 36.5 Å². The molecule has 1 aliphatic rings. The number of aliphatic carboxylic acids is 1. The van der Waals surface area contributed by atoms with Gasteiger partial charge < -0.3 is 10.0 Å². The van der Waals surface area contributed by atoms with Crippen molar-refractivity contribution in [1.82, 2.24) is 4.90 Å². The summed E-state index contributed by atoms with van der Waals surface area (Å²) < 4.78 is 26.0. The van der Waals surface area contributed by atoms with E-state index in [0.717, 1.165) is 12.1 Å². The first-order valence-corrected chi connectivity index (χ1v) is 6.82. The first-order chi connectivity index (χ1) is 9.90. The molecular weight excluding hydrogens is 280 g/mol. The van der Waals surface area contributed by atoms with Crippen LogP contribution in [0.15, 0.2) is 18.2 Å². The van der Waals surface area contributed by atoms with Crippen LogP contribution in [0, 0.1) is 17.6 Å². The van der Waals surface area contributed by atoms with Gasteiger partial charge >= 0.3 is 5.97 Å². The highest BCUT2D eigenvalue weighted by Crippen LogP contribution is 2.48. The standard InChI is InChI=1S/C15H17F2NO3/c1-18(6-2-3-14(19)20)15(21)11-8-10(11)9-4-5-12(16)13(17)7-9/h4-5,7,10-11H,2-3,6,8H2,1H3,(H,19,20). The molecule has 0 bridgehead atoms. The molecule has 114 valence electrons.